The second-order valence-corrected chi connectivity index (χ2v) is 10.4. The maximum Gasteiger partial charge on any atom is 0.514 e. The average Bonchev–Trinajstić information content (AvgIpc) is 2.80. The minimum Gasteiger partial charge on any atom is -0.497 e. The molecule has 0 radical (unpaired) electrons. The van der Waals surface area contributed by atoms with E-state index >= 15 is 0 Å². The van der Waals surface area contributed by atoms with Gasteiger partial charge in [-0.15, -0.1) is 0 Å². The van der Waals surface area contributed by atoms with E-state index in [-0.39, 0.29) is 18.8 Å². The molecule has 1 unspecified atom stereocenters. The van der Waals surface area contributed by atoms with Crippen molar-refractivity contribution in [3.05, 3.63) is 53.6 Å². The fourth-order valence-electron chi connectivity index (χ4n) is 3.16. The summed E-state index contributed by atoms with van der Waals surface area (Å²) in [6.07, 6.45) is -1.48. The normalized spacial score (nSPS) is 12.1. The maximum atomic E-state index is 13.0. The lowest BCUT2D eigenvalue weighted by Gasteiger charge is -2.23. The lowest BCUT2D eigenvalue weighted by molar-refractivity contribution is -0.147. The molecule has 0 aliphatic carbocycles. The Morgan fingerprint density at radius 2 is 1.42 bits per heavy atom. The third-order valence-corrected chi connectivity index (χ3v) is 4.79. The average molecular weight is 532 g/mol. The summed E-state index contributed by atoms with van der Waals surface area (Å²) in [4.78, 5) is 37.4. The van der Waals surface area contributed by atoms with Crippen molar-refractivity contribution < 1.29 is 42.8 Å². The summed E-state index contributed by atoms with van der Waals surface area (Å²) in [7, 11) is 3.04. The van der Waals surface area contributed by atoms with Crippen LogP contribution in [0.4, 0.5) is 9.59 Å². The Hall–Kier alpha value is -3.95. The molecule has 0 aromatic heterocycles. The highest BCUT2D eigenvalue weighted by atomic mass is 16.7. The van der Waals surface area contributed by atoms with E-state index < -0.39 is 35.5 Å². The number of ether oxygens (including phenoxy) is 6. The highest BCUT2D eigenvalue weighted by Gasteiger charge is 2.26. The molecule has 2 aromatic carbocycles. The minimum absolute atomic E-state index is 0.0822. The summed E-state index contributed by atoms with van der Waals surface area (Å²) >= 11 is 0. The van der Waals surface area contributed by atoms with Crippen LogP contribution in [-0.2, 0) is 32.0 Å². The van der Waals surface area contributed by atoms with Crippen molar-refractivity contribution >= 4 is 18.2 Å². The van der Waals surface area contributed by atoms with Crippen LogP contribution < -0.4 is 19.5 Å². The number of esters is 1. The Morgan fingerprint density at radius 1 is 0.816 bits per heavy atom. The highest BCUT2D eigenvalue weighted by Crippen LogP contribution is 2.25. The van der Waals surface area contributed by atoms with Crippen LogP contribution in [-0.4, -0.2) is 49.7 Å². The smallest absolute Gasteiger partial charge is 0.497 e. The highest BCUT2D eigenvalue weighted by molar-refractivity contribution is 5.82. The standard InChI is InChI=1S/C28H37NO9/c1-27(2,3)37-25(31)29-22(24(30)35-17-19-11-14-21(33-7)16-23(19)34-8)15-18-9-12-20(13-10-18)36-26(32)38-28(4,5)6/h9-14,16,22H,15,17H2,1-8H3,(H,29,31). The summed E-state index contributed by atoms with van der Waals surface area (Å²) in [6.45, 7) is 10.3. The number of alkyl carbamates (subject to hydrolysis) is 1. The molecule has 1 atom stereocenters. The molecule has 10 heteroatoms. The van der Waals surface area contributed by atoms with Crippen LogP contribution in [0, 0.1) is 0 Å². The van der Waals surface area contributed by atoms with Gasteiger partial charge < -0.3 is 33.7 Å². The molecule has 2 aromatic rings. The Kier molecular flexibility index (Phi) is 10.4. The molecule has 0 spiro atoms. The van der Waals surface area contributed by atoms with Crippen molar-refractivity contribution in [2.75, 3.05) is 14.2 Å². The lowest BCUT2D eigenvalue weighted by Crippen LogP contribution is -2.45. The first-order valence-corrected chi connectivity index (χ1v) is 12.1. The van der Waals surface area contributed by atoms with Gasteiger partial charge in [0.15, 0.2) is 0 Å². The molecule has 0 saturated heterocycles. The second kappa shape index (κ2) is 13.0. The van der Waals surface area contributed by atoms with E-state index in [1.807, 2.05) is 0 Å². The van der Waals surface area contributed by atoms with E-state index in [2.05, 4.69) is 5.32 Å². The zero-order chi connectivity index (χ0) is 28.5. The molecule has 1 amide bonds. The van der Waals surface area contributed by atoms with E-state index in [1.54, 1.807) is 84.0 Å². The number of rotatable bonds is 9. The molecular weight excluding hydrogens is 494 g/mol. The topological polar surface area (TPSA) is 119 Å². The Morgan fingerprint density at radius 3 is 1.97 bits per heavy atom. The summed E-state index contributed by atoms with van der Waals surface area (Å²) < 4.78 is 31.7. The maximum absolute atomic E-state index is 13.0. The van der Waals surface area contributed by atoms with Crippen LogP contribution in [0.1, 0.15) is 52.7 Å². The van der Waals surface area contributed by atoms with Gasteiger partial charge in [0.2, 0.25) is 0 Å². The number of hydrogen-bond acceptors (Lipinski definition) is 9. The van der Waals surface area contributed by atoms with Gasteiger partial charge in [-0.1, -0.05) is 12.1 Å². The lowest BCUT2D eigenvalue weighted by atomic mass is 10.1. The largest absolute Gasteiger partial charge is 0.514 e. The van der Waals surface area contributed by atoms with Gasteiger partial charge in [0.1, 0.15) is 41.1 Å². The van der Waals surface area contributed by atoms with Gasteiger partial charge in [-0.25, -0.2) is 14.4 Å². The number of carbonyl (C=O) groups excluding carboxylic acids is 3. The summed E-state index contributed by atoms with van der Waals surface area (Å²) in [5.74, 6) is 0.700. The van der Waals surface area contributed by atoms with Crippen LogP contribution >= 0.6 is 0 Å². The summed E-state index contributed by atoms with van der Waals surface area (Å²) in [5, 5.41) is 2.59. The molecule has 38 heavy (non-hydrogen) atoms. The Bertz CT molecular complexity index is 1100. The first kappa shape index (κ1) is 30.3. The number of amides is 1. The number of benzene rings is 2. The van der Waals surface area contributed by atoms with Crippen molar-refractivity contribution in [1.82, 2.24) is 5.32 Å². The molecule has 2 rings (SSSR count). The predicted octanol–water partition coefficient (Wildman–Crippen LogP) is 5.20. The monoisotopic (exact) mass is 531 g/mol. The van der Waals surface area contributed by atoms with E-state index in [9.17, 15) is 14.4 Å². The predicted molar refractivity (Wildman–Crippen MR) is 140 cm³/mol. The molecule has 0 aliphatic heterocycles. The van der Waals surface area contributed by atoms with Crippen molar-refractivity contribution in [2.24, 2.45) is 0 Å². The summed E-state index contributed by atoms with van der Waals surface area (Å²) in [6, 6.07) is 10.6. The number of methoxy groups -OCH3 is 2. The van der Waals surface area contributed by atoms with Crippen LogP contribution in [0.15, 0.2) is 42.5 Å². The fraction of sp³-hybridized carbons (Fsp3) is 0.464. The molecule has 0 bridgehead atoms. The van der Waals surface area contributed by atoms with E-state index in [1.165, 1.54) is 14.2 Å². The molecular formula is C28H37NO9. The van der Waals surface area contributed by atoms with Crippen molar-refractivity contribution in [3.8, 4) is 17.2 Å². The van der Waals surface area contributed by atoms with E-state index in [0.29, 0.717) is 22.6 Å². The van der Waals surface area contributed by atoms with Gasteiger partial charge in [-0.2, -0.15) is 0 Å². The van der Waals surface area contributed by atoms with Crippen LogP contribution in [0.5, 0.6) is 17.2 Å². The van der Waals surface area contributed by atoms with Crippen LogP contribution in [0.2, 0.25) is 0 Å². The zero-order valence-corrected chi connectivity index (χ0v) is 23.2. The third-order valence-electron chi connectivity index (χ3n) is 4.79. The van der Waals surface area contributed by atoms with Gasteiger partial charge in [0.25, 0.3) is 0 Å². The molecule has 10 nitrogen and oxygen atoms in total. The number of nitrogens with one attached hydrogen (secondary N) is 1. The molecule has 0 heterocycles. The van der Waals surface area contributed by atoms with Gasteiger partial charge in [-0.3, -0.25) is 0 Å². The van der Waals surface area contributed by atoms with Gasteiger partial charge in [-0.05, 0) is 71.4 Å². The first-order valence-electron chi connectivity index (χ1n) is 12.1. The van der Waals surface area contributed by atoms with Gasteiger partial charge in [0.05, 0.1) is 14.2 Å². The molecule has 0 aliphatic rings. The van der Waals surface area contributed by atoms with Gasteiger partial charge >= 0.3 is 18.2 Å². The Balaban J connectivity index is 2.13. The SMILES string of the molecule is COc1ccc(COC(=O)C(Cc2ccc(OC(=O)OC(C)(C)C)cc2)NC(=O)OC(C)(C)C)c(OC)c1. The zero-order valence-electron chi connectivity index (χ0n) is 23.2. The Labute approximate surface area is 223 Å². The van der Waals surface area contributed by atoms with Crippen LogP contribution in [0.25, 0.3) is 0 Å². The van der Waals surface area contributed by atoms with E-state index in [4.69, 9.17) is 28.4 Å². The van der Waals surface area contributed by atoms with Gasteiger partial charge in [0, 0.05) is 18.1 Å². The number of carbonyl (C=O) groups is 3. The van der Waals surface area contributed by atoms with Crippen molar-refractivity contribution in [1.29, 1.82) is 0 Å². The summed E-state index contributed by atoms with van der Waals surface area (Å²) in [5.41, 5.74) is -0.133. The first-order chi connectivity index (χ1) is 17.7. The molecule has 208 valence electrons. The fourth-order valence-corrected chi connectivity index (χ4v) is 3.16. The molecule has 0 fully saturated rings. The second-order valence-electron chi connectivity index (χ2n) is 10.4. The molecule has 0 saturated carbocycles. The van der Waals surface area contributed by atoms with E-state index in [0.717, 1.165) is 0 Å². The third kappa shape index (κ3) is 10.6. The minimum atomic E-state index is -1.05. The molecule has 1 N–H and O–H groups in total. The van der Waals surface area contributed by atoms with Crippen molar-refractivity contribution in [2.45, 2.75) is 71.8 Å². The number of hydrogen-bond donors (Lipinski definition) is 1. The quantitative estimate of drug-likeness (QED) is 0.265. The van der Waals surface area contributed by atoms with Crippen molar-refractivity contribution in [3.63, 3.8) is 0 Å². The van der Waals surface area contributed by atoms with Crippen LogP contribution in [0.3, 0.4) is 0 Å².